The number of hydrogen-bond donors (Lipinski definition) is 1. The zero-order valence-electron chi connectivity index (χ0n) is 8.90. The van der Waals surface area contributed by atoms with Gasteiger partial charge in [-0.1, -0.05) is 18.3 Å². The quantitative estimate of drug-likeness (QED) is 0.850. The van der Waals surface area contributed by atoms with Gasteiger partial charge >= 0.3 is 0 Å². The maximum atomic E-state index is 5.11. The van der Waals surface area contributed by atoms with E-state index in [0.717, 1.165) is 17.9 Å². The second kappa shape index (κ2) is 5.34. The lowest BCUT2D eigenvalue weighted by Crippen LogP contribution is -2.01. The van der Waals surface area contributed by atoms with E-state index in [1.54, 1.807) is 18.4 Å². The van der Waals surface area contributed by atoms with Gasteiger partial charge in [-0.15, -0.1) is 11.3 Å². The lowest BCUT2D eigenvalue weighted by Gasteiger charge is -2.04. The number of hydrogen-bond acceptors (Lipinski definition) is 4. The molecule has 0 saturated carbocycles. The van der Waals surface area contributed by atoms with Gasteiger partial charge < -0.3 is 9.72 Å². The van der Waals surface area contributed by atoms with Crippen LogP contribution in [0, 0.1) is 4.64 Å². The van der Waals surface area contributed by atoms with Gasteiger partial charge in [0.25, 0.3) is 0 Å². The van der Waals surface area contributed by atoms with E-state index >= 15 is 0 Å². The number of ether oxygens (including phenoxy) is 1. The Hall–Kier alpha value is -1.04. The summed E-state index contributed by atoms with van der Waals surface area (Å²) in [5.41, 5.74) is 0.967. The van der Waals surface area contributed by atoms with Gasteiger partial charge in [-0.2, -0.15) is 0 Å². The predicted molar refractivity (Wildman–Crippen MR) is 67.3 cm³/mol. The first kappa shape index (κ1) is 11.4. The molecule has 2 heterocycles. The van der Waals surface area contributed by atoms with Gasteiger partial charge in [0, 0.05) is 24.1 Å². The van der Waals surface area contributed by atoms with Gasteiger partial charge in [0.15, 0.2) is 0 Å². The normalized spacial score (nSPS) is 10.6. The molecule has 1 N–H and O–H groups in total. The van der Waals surface area contributed by atoms with Crippen LogP contribution in [0.3, 0.4) is 0 Å². The molecule has 0 radical (unpaired) electrons. The highest BCUT2D eigenvalue weighted by atomic mass is 32.1. The molecule has 0 bridgehead atoms. The zero-order chi connectivity index (χ0) is 11.4. The Morgan fingerprint density at radius 2 is 2.44 bits per heavy atom. The summed E-state index contributed by atoms with van der Waals surface area (Å²) in [6, 6.07) is 5.95. The zero-order valence-corrected chi connectivity index (χ0v) is 10.5. The predicted octanol–water partition coefficient (Wildman–Crippen LogP) is 2.94. The third kappa shape index (κ3) is 2.98. The first-order valence-corrected chi connectivity index (χ1v) is 6.17. The molecule has 0 unspecified atom stereocenters. The van der Waals surface area contributed by atoms with Crippen molar-refractivity contribution < 1.29 is 4.74 Å². The van der Waals surface area contributed by atoms with E-state index in [1.807, 2.05) is 12.1 Å². The van der Waals surface area contributed by atoms with E-state index in [1.165, 1.54) is 4.88 Å². The fourth-order valence-electron chi connectivity index (χ4n) is 1.46. The first-order valence-electron chi connectivity index (χ1n) is 4.88. The van der Waals surface area contributed by atoms with Crippen molar-refractivity contribution in [2.75, 3.05) is 7.11 Å². The van der Waals surface area contributed by atoms with Crippen LogP contribution in [0.4, 0.5) is 0 Å². The van der Waals surface area contributed by atoms with Gasteiger partial charge in [-0.25, -0.2) is 4.98 Å². The van der Waals surface area contributed by atoms with Crippen LogP contribution in [0.25, 0.3) is 0 Å². The Morgan fingerprint density at radius 3 is 3.12 bits per heavy atom. The summed E-state index contributed by atoms with van der Waals surface area (Å²) in [5.74, 6) is 0.891. The summed E-state index contributed by atoms with van der Waals surface area (Å²) in [6.07, 6.45) is 0.791. The molecule has 5 heteroatoms. The van der Waals surface area contributed by atoms with Crippen molar-refractivity contribution in [3.05, 3.63) is 44.6 Å². The number of aromatic amines is 1. The lowest BCUT2D eigenvalue weighted by atomic mass is 10.3. The largest absolute Gasteiger partial charge is 0.378 e. The minimum absolute atomic E-state index is 0.531. The number of H-pyrrole nitrogens is 1. The van der Waals surface area contributed by atoms with Crippen molar-refractivity contribution in [1.29, 1.82) is 0 Å². The van der Waals surface area contributed by atoms with Gasteiger partial charge in [0.05, 0.1) is 6.61 Å². The van der Waals surface area contributed by atoms with E-state index in [4.69, 9.17) is 17.0 Å². The molecule has 2 aromatic rings. The summed E-state index contributed by atoms with van der Waals surface area (Å²) < 4.78 is 5.68. The number of aromatic nitrogens is 2. The maximum absolute atomic E-state index is 5.11. The van der Waals surface area contributed by atoms with E-state index in [2.05, 4.69) is 21.4 Å². The Bertz CT molecular complexity index is 505. The maximum Gasteiger partial charge on any atom is 0.130 e. The highest BCUT2D eigenvalue weighted by molar-refractivity contribution is 7.71. The number of methoxy groups -OCH3 is 1. The van der Waals surface area contributed by atoms with Crippen molar-refractivity contribution in [3.8, 4) is 0 Å². The molecular weight excluding hydrogens is 240 g/mol. The summed E-state index contributed by atoms with van der Waals surface area (Å²) in [6.45, 7) is 0.531. The Morgan fingerprint density at radius 1 is 1.56 bits per heavy atom. The molecule has 0 aliphatic heterocycles. The number of nitrogens with one attached hydrogen (secondary N) is 1. The Labute approximate surface area is 103 Å². The van der Waals surface area contributed by atoms with E-state index < -0.39 is 0 Å². The van der Waals surface area contributed by atoms with Crippen molar-refractivity contribution in [3.63, 3.8) is 0 Å². The van der Waals surface area contributed by atoms with Crippen LogP contribution >= 0.6 is 23.6 Å². The summed E-state index contributed by atoms with van der Waals surface area (Å²) in [7, 11) is 1.66. The SMILES string of the molecule is COCc1cc(=S)nc(Cc2cccs2)[nH]1. The minimum Gasteiger partial charge on any atom is -0.378 e. The summed E-state index contributed by atoms with van der Waals surface area (Å²) in [5, 5.41) is 2.06. The molecule has 3 nitrogen and oxygen atoms in total. The van der Waals surface area contributed by atoms with Crippen molar-refractivity contribution in [1.82, 2.24) is 9.97 Å². The highest BCUT2D eigenvalue weighted by Gasteiger charge is 2.01. The highest BCUT2D eigenvalue weighted by Crippen LogP contribution is 2.12. The molecular formula is C11H12N2OS2. The van der Waals surface area contributed by atoms with Gasteiger partial charge in [0.1, 0.15) is 10.5 Å². The van der Waals surface area contributed by atoms with E-state index in [9.17, 15) is 0 Å². The molecule has 0 aliphatic carbocycles. The van der Waals surface area contributed by atoms with Crippen LogP contribution in [0.2, 0.25) is 0 Å². The van der Waals surface area contributed by atoms with Crippen molar-refractivity contribution in [2.24, 2.45) is 0 Å². The topological polar surface area (TPSA) is 37.9 Å². The smallest absolute Gasteiger partial charge is 0.130 e. The van der Waals surface area contributed by atoms with Gasteiger partial charge in [-0.3, -0.25) is 0 Å². The first-order chi connectivity index (χ1) is 7.78. The second-order valence-corrected chi connectivity index (χ2v) is 4.83. The monoisotopic (exact) mass is 252 g/mol. The molecule has 84 valence electrons. The molecule has 0 spiro atoms. The average molecular weight is 252 g/mol. The molecule has 2 aromatic heterocycles. The second-order valence-electron chi connectivity index (χ2n) is 3.38. The van der Waals surface area contributed by atoms with Crippen LogP contribution in [-0.4, -0.2) is 17.1 Å². The van der Waals surface area contributed by atoms with Gasteiger partial charge in [-0.05, 0) is 17.5 Å². The molecule has 16 heavy (non-hydrogen) atoms. The molecule has 2 rings (SSSR count). The Kier molecular flexibility index (Phi) is 3.82. The number of nitrogens with zero attached hydrogens (tertiary/aromatic N) is 1. The fraction of sp³-hybridized carbons (Fsp3) is 0.273. The average Bonchev–Trinajstić information content (AvgIpc) is 2.70. The molecule has 0 amide bonds. The van der Waals surface area contributed by atoms with Crippen LogP contribution in [-0.2, 0) is 17.8 Å². The van der Waals surface area contributed by atoms with E-state index in [-0.39, 0.29) is 0 Å². The Balaban J connectivity index is 2.23. The minimum atomic E-state index is 0.531. The van der Waals surface area contributed by atoms with Crippen LogP contribution in [0.1, 0.15) is 16.4 Å². The van der Waals surface area contributed by atoms with Crippen LogP contribution in [0.15, 0.2) is 23.6 Å². The lowest BCUT2D eigenvalue weighted by molar-refractivity contribution is 0.181. The molecule has 0 aromatic carbocycles. The van der Waals surface area contributed by atoms with E-state index in [0.29, 0.717) is 11.2 Å². The number of rotatable bonds is 4. The third-order valence-electron chi connectivity index (χ3n) is 2.07. The fourth-order valence-corrected chi connectivity index (χ4v) is 2.42. The molecule has 0 aliphatic rings. The van der Waals surface area contributed by atoms with Crippen LogP contribution in [0.5, 0.6) is 0 Å². The van der Waals surface area contributed by atoms with Crippen LogP contribution < -0.4 is 0 Å². The summed E-state index contributed by atoms with van der Waals surface area (Å²) in [4.78, 5) is 8.80. The molecule has 0 saturated heterocycles. The number of thiophene rings is 1. The van der Waals surface area contributed by atoms with Gasteiger partial charge in [0.2, 0.25) is 0 Å². The standard InChI is InChI=1S/C11H12N2OS2/c1-14-7-8-5-11(15)13-10(12-8)6-9-3-2-4-16-9/h2-5H,6-7H2,1H3,(H,12,13,15). The summed E-state index contributed by atoms with van der Waals surface area (Å²) >= 11 is 6.83. The van der Waals surface area contributed by atoms with Crippen molar-refractivity contribution in [2.45, 2.75) is 13.0 Å². The van der Waals surface area contributed by atoms with Crippen molar-refractivity contribution >= 4 is 23.6 Å². The third-order valence-corrected chi connectivity index (χ3v) is 3.15. The molecule has 0 atom stereocenters. The molecule has 0 fully saturated rings.